The highest BCUT2D eigenvalue weighted by atomic mass is 16.5. The van der Waals surface area contributed by atoms with Crippen LogP contribution in [0.2, 0.25) is 0 Å². The van der Waals surface area contributed by atoms with Crippen LogP contribution in [0.4, 0.5) is 0 Å². The Hall–Kier alpha value is -1.61. The molecule has 3 atom stereocenters. The molecule has 3 nitrogen and oxygen atoms in total. The first-order chi connectivity index (χ1) is 13.7. The Kier molecular flexibility index (Phi) is 10.3. The summed E-state index contributed by atoms with van der Waals surface area (Å²) in [7, 11) is 1.43. The van der Waals surface area contributed by atoms with Crippen LogP contribution in [0.15, 0.2) is 36.4 Å². The highest BCUT2D eigenvalue weighted by Gasteiger charge is 2.35. The lowest BCUT2D eigenvalue weighted by Crippen LogP contribution is -2.16. The molecule has 0 saturated heterocycles. The fourth-order valence-corrected chi connectivity index (χ4v) is 4.33. The normalized spacial score (nSPS) is 22.0. The van der Waals surface area contributed by atoms with Crippen molar-refractivity contribution < 1.29 is 14.6 Å². The Morgan fingerprint density at radius 2 is 1.89 bits per heavy atom. The average molecular weight is 387 g/mol. The summed E-state index contributed by atoms with van der Waals surface area (Å²) in [5.74, 6) is 0.609. The molecule has 3 heteroatoms. The highest BCUT2D eigenvalue weighted by Crippen LogP contribution is 2.42. The van der Waals surface area contributed by atoms with Gasteiger partial charge in [0.2, 0.25) is 0 Å². The van der Waals surface area contributed by atoms with Gasteiger partial charge < -0.3 is 9.84 Å². The molecule has 2 rings (SSSR count). The van der Waals surface area contributed by atoms with E-state index in [4.69, 9.17) is 0 Å². The molecule has 0 aromatic heterocycles. The van der Waals surface area contributed by atoms with E-state index in [0.717, 1.165) is 38.5 Å². The summed E-state index contributed by atoms with van der Waals surface area (Å²) in [4.78, 5) is 11.1. The number of hydrogen-bond donors (Lipinski definition) is 1. The van der Waals surface area contributed by atoms with Crippen LogP contribution in [-0.4, -0.2) is 24.3 Å². The number of benzene rings is 1. The van der Waals surface area contributed by atoms with E-state index in [-0.39, 0.29) is 18.0 Å². The van der Waals surface area contributed by atoms with Crippen molar-refractivity contribution in [1.29, 1.82) is 0 Å². The third-order valence-corrected chi connectivity index (χ3v) is 6.02. The summed E-state index contributed by atoms with van der Waals surface area (Å²) < 4.78 is 4.66. The van der Waals surface area contributed by atoms with Crippen molar-refractivity contribution in [3.05, 3.63) is 47.5 Å². The number of ether oxygens (including phenoxy) is 1. The minimum Gasteiger partial charge on any atom is -0.469 e. The first kappa shape index (κ1) is 22.7. The molecule has 0 spiro atoms. The van der Waals surface area contributed by atoms with Gasteiger partial charge in [-0.05, 0) is 62.0 Å². The Morgan fingerprint density at radius 1 is 1.11 bits per heavy atom. The quantitative estimate of drug-likeness (QED) is 0.274. The summed E-state index contributed by atoms with van der Waals surface area (Å²) in [6, 6.07) is 8.99. The second kappa shape index (κ2) is 12.8. The smallest absolute Gasteiger partial charge is 0.305 e. The van der Waals surface area contributed by atoms with E-state index in [1.807, 2.05) is 0 Å². The van der Waals surface area contributed by atoms with Gasteiger partial charge in [0.05, 0.1) is 13.2 Å². The van der Waals surface area contributed by atoms with Gasteiger partial charge in [-0.2, -0.15) is 0 Å². The van der Waals surface area contributed by atoms with Crippen molar-refractivity contribution in [2.75, 3.05) is 7.11 Å². The number of rotatable bonds is 12. The SMILES string of the molecule is CCCCCCc1ccc(C2C(O)CCC2C/C=C\CCCC(=O)OC)cc1. The maximum Gasteiger partial charge on any atom is 0.305 e. The van der Waals surface area contributed by atoms with E-state index in [9.17, 15) is 9.90 Å². The first-order valence-electron chi connectivity index (χ1n) is 11.1. The van der Waals surface area contributed by atoms with E-state index in [1.165, 1.54) is 43.9 Å². The summed E-state index contributed by atoms with van der Waals surface area (Å²) in [5, 5.41) is 10.5. The molecule has 1 saturated carbocycles. The summed E-state index contributed by atoms with van der Waals surface area (Å²) in [6.45, 7) is 2.25. The van der Waals surface area contributed by atoms with Gasteiger partial charge in [-0.25, -0.2) is 0 Å². The Bertz CT molecular complexity index is 590. The zero-order chi connectivity index (χ0) is 20.2. The van der Waals surface area contributed by atoms with E-state index < -0.39 is 0 Å². The van der Waals surface area contributed by atoms with Crippen molar-refractivity contribution >= 4 is 5.97 Å². The van der Waals surface area contributed by atoms with Gasteiger partial charge in [0.15, 0.2) is 0 Å². The Balaban J connectivity index is 1.82. The van der Waals surface area contributed by atoms with Gasteiger partial charge in [0, 0.05) is 12.3 Å². The molecule has 1 aromatic carbocycles. The number of allylic oxidation sites excluding steroid dienone is 2. The summed E-state index contributed by atoms with van der Waals surface area (Å²) >= 11 is 0. The molecule has 28 heavy (non-hydrogen) atoms. The van der Waals surface area contributed by atoms with Crippen molar-refractivity contribution in [2.24, 2.45) is 5.92 Å². The minimum absolute atomic E-state index is 0.138. The van der Waals surface area contributed by atoms with E-state index >= 15 is 0 Å². The van der Waals surface area contributed by atoms with Crippen molar-refractivity contribution in [3.8, 4) is 0 Å². The number of aliphatic hydroxyl groups excluding tert-OH is 1. The molecule has 0 radical (unpaired) electrons. The summed E-state index contributed by atoms with van der Waals surface area (Å²) in [6.07, 6.45) is 15.7. The number of methoxy groups -OCH3 is 1. The fraction of sp³-hybridized carbons (Fsp3) is 0.640. The lowest BCUT2D eigenvalue weighted by molar-refractivity contribution is -0.140. The topological polar surface area (TPSA) is 46.5 Å². The van der Waals surface area contributed by atoms with E-state index in [0.29, 0.717) is 12.3 Å². The third-order valence-electron chi connectivity index (χ3n) is 6.02. The molecule has 0 aliphatic heterocycles. The summed E-state index contributed by atoms with van der Waals surface area (Å²) in [5.41, 5.74) is 2.70. The molecule has 0 heterocycles. The van der Waals surface area contributed by atoms with Crippen molar-refractivity contribution in [1.82, 2.24) is 0 Å². The second-order valence-electron chi connectivity index (χ2n) is 8.16. The molecule has 156 valence electrons. The third kappa shape index (κ3) is 7.43. The molecule has 1 aliphatic carbocycles. The molecule has 1 N–H and O–H groups in total. The van der Waals surface area contributed by atoms with Gasteiger partial charge in [-0.1, -0.05) is 62.6 Å². The van der Waals surface area contributed by atoms with Crippen LogP contribution < -0.4 is 0 Å². The molecule has 3 unspecified atom stereocenters. The molecule has 0 bridgehead atoms. The number of aliphatic hydroxyl groups is 1. The van der Waals surface area contributed by atoms with Gasteiger partial charge in [-0.15, -0.1) is 0 Å². The van der Waals surface area contributed by atoms with Crippen LogP contribution in [0.25, 0.3) is 0 Å². The van der Waals surface area contributed by atoms with Crippen LogP contribution in [0.5, 0.6) is 0 Å². The maximum atomic E-state index is 11.1. The number of esters is 1. The van der Waals surface area contributed by atoms with Gasteiger partial charge in [0.25, 0.3) is 0 Å². The van der Waals surface area contributed by atoms with Crippen molar-refractivity contribution in [2.45, 2.75) is 89.6 Å². The van der Waals surface area contributed by atoms with E-state index in [2.05, 4.69) is 48.1 Å². The molecule has 0 amide bonds. The zero-order valence-electron chi connectivity index (χ0n) is 17.7. The lowest BCUT2D eigenvalue weighted by Gasteiger charge is -2.22. The molecule has 1 fully saturated rings. The standard InChI is InChI=1S/C25H38O3/c1-3-4-5-8-11-20-14-16-22(17-15-20)25-21(18-19-23(25)26)12-9-6-7-10-13-24(27)28-2/h6,9,14-17,21,23,25-26H,3-5,7-8,10-13,18-19H2,1-2H3/b9-6-. The first-order valence-corrected chi connectivity index (χ1v) is 11.1. The Labute approximate surface area is 171 Å². The van der Waals surface area contributed by atoms with Crippen LogP contribution in [0.1, 0.15) is 88.2 Å². The lowest BCUT2D eigenvalue weighted by atomic mass is 9.85. The predicted molar refractivity (Wildman–Crippen MR) is 115 cm³/mol. The molecular formula is C25H38O3. The number of carbonyl (C=O) groups excluding carboxylic acids is 1. The maximum absolute atomic E-state index is 11.1. The van der Waals surface area contributed by atoms with Crippen LogP contribution >= 0.6 is 0 Å². The molecule has 1 aliphatic rings. The number of unbranched alkanes of at least 4 members (excludes halogenated alkanes) is 4. The van der Waals surface area contributed by atoms with Crippen LogP contribution in [-0.2, 0) is 16.0 Å². The van der Waals surface area contributed by atoms with Gasteiger partial charge >= 0.3 is 5.97 Å². The van der Waals surface area contributed by atoms with Crippen LogP contribution in [0.3, 0.4) is 0 Å². The second-order valence-corrected chi connectivity index (χ2v) is 8.16. The average Bonchev–Trinajstić information content (AvgIpc) is 3.08. The number of hydrogen-bond acceptors (Lipinski definition) is 3. The number of aryl methyl sites for hydroxylation is 1. The van der Waals surface area contributed by atoms with Gasteiger partial charge in [0.1, 0.15) is 0 Å². The van der Waals surface area contributed by atoms with Crippen LogP contribution in [0, 0.1) is 5.92 Å². The predicted octanol–water partition coefficient (Wildman–Crippen LogP) is 5.95. The fourth-order valence-electron chi connectivity index (χ4n) is 4.33. The van der Waals surface area contributed by atoms with Crippen molar-refractivity contribution in [3.63, 3.8) is 0 Å². The van der Waals surface area contributed by atoms with Gasteiger partial charge in [-0.3, -0.25) is 4.79 Å². The molecule has 1 aromatic rings. The van der Waals surface area contributed by atoms with E-state index in [1.54, 1.807) is 0 Å². The zero-order valence-corrected chi connectivity index (χ0v) is 17.7. The molecular weight excluding hydrogens is 348 g/mol. The Morgan fingerprint density at radius 3 is 2.61 bits per heavy atom. The monoisotopic (exact) mass is 386 g/mol. The number of carbonyl (C=O) groups is 1. The largest absolute Gasteiger partial charge is 0.469 e. The minimum atomic E-state index is -0.229. The highest BCUT2D eigenvalue weighted by molar-refractivity contribution is 5.69.